The Kier molecular flexibility index (Phi) is 5.53. The molecule has 2 aromatic heterocycles. The smallest absolute Gasteiger partial charge is 0.255 e. The topological polar surface area (TPSA) is 92.3 Å². The minimum absolute atomic E-state index is 0.164. The second kappa shape index (κ2) is 8.43. The number of nitrogens with two attached hydrogens (primary N) is 1. The van der Waals surface area contributed by atoms with E-state index in [-0.39, 0.29) is 12.4 Å². The predicted molar refractivity (Wildman–Crippen MR) is 115 cm³/mol. The number of methoxy groups -OCH3 is 1. The van der Waals surface area contributed by atoms with Crippen molar-refractivity contribution in [1.29, 1.82) is 0 Å². The van der Waals surface area contributed by atoms with Crippen LogP contribution < -0.4 is 15.2 Å². The molecule has 0 atom stereocenters. The first-order chi connectivity index (χ1) is 15.0. The number of rotatable bonds is 7. The van der Waals surface area contributed by atoms with Gasteiger partial charge in [0.15, 0.2) is 24.0 Å². The Labute approximate surface area is 178 Å². The number of aryl methyl sites for hydroxylation is 1. The maximum atomic E-state index is 14.3. The zero-order valence-electron chi connectivity index (χ0n) is 17.1. The van der Waals surface area contributed by atoms with Gasteiger partial charge in [0.2, 0.25) is 0 Å². The van der Waals surface area contributed by atoms with Gasteiger partial charge in [-0.25, -0.2) is 14.4 Å². The molecule has 31 heavy (non-hydrogen) atoms. The Morgan fingerprint density at radius 2 is 2.00 bits per heavy atom. The van der Waals surface area contributed by atoms with Crippen LogP contribution in [0.2, 0.25) is 0 Å². The van der Waals surface area contributed by atoms with Gasteiger partial charge in [-0.2, -0.15) is 0 Å². The summed E-state index contributed by atoms with van der Waals surface area (Å²) in [4.78, 5) is 20.4. The number of hydrogen-bond acceptors (Lipinski definition) is 5. The van der Waals surface area contributed by atoms with Crippen molar-refractivity contribution >= 4 is 16.9 Å². The standard InChI is InChI=1S/C23H21FN4O3/c1-3-19-17-9-10-28(15-5-4-6-16(12-15)31-13-21(25)29)23(17)27-22(26-19)14-7-8-20(30-2)18(24)11-14/h4-12H,3,13H2,1-2H3,(H2,25,29). The molecule has 2 aromatic carbocycles. The van der Waals surface area contributed by atoms with Crippen molar-refractivity contribution in [3.63, 3.8) is 0 Å². The second-order valence-corrected chi connectivity index (χ2v) is 6.87. The number of ether oxygens (including phenoxy) is 2. The van der Waals surface area contributed by atoms with Gasteiger partial charge in [-0.15, -0.1) is 0 Å². The second-order valence-electron chi connectivity index (χ2n) is 6.87. The summed E-state index contributed by atoms with van der Waals surface area (Å²) in [6, 6.07) is 13.9. The van der Waals surface area contributed by atoms with Crippen LogP contribution in [0.25, 0.3) is 28.1 Å². The van der Waals surface area contributed by atoms with Gasteiger partial charge in [-0.3, -0.25) is 4.79 Å². The average molecular weight is 420 g/mol. The number of benzene rings is 2. The lowest BCUT2D eigenvalue weighted by Gasteiger charge is -2.11. The number of hydrogen-bond donors (Lipinski definition) is 1. The van der Waals surface area contributed by atoms with E-state index in [2.05, 4.69) is 4.98 Å². The van der Waals surface area contributed by atoms with Gasteiger partial charge in [0, 0.05) is 23.2 Å². The summed E-state index contributed by atoms with van der Waals surface area (Å²) in [6.45, 7) is 1.81. The number of primary amides is 1. The molecule has 158 valence electrons. The third-order valence-electron chi connectivity index (χ3n) is 4.84. The molecule has 0 unspecified atom stereocenters. The zero-order chi connectivity index (χ0) is 22.0. The van der Waals surface area contributed by atoms with Crippen molar-refractivity contribution in [2.45, 2.75) is 13.3 Å². The van der Waals surface area contributed by atoms with Gasteiger partial charge in [-0.05, 0) is 42.8 Å². The Morgan fingerprint density at radius 1 is 1.16 bits per heavy atom. The molecule has 4 rings (SSSR count). The summed E-state index contributed by atoms with van der Waals surface area (Å²) in [6.07, 6.45) is 2.58. The number of nitrogens with zero attached hydrogens (tertiary/aromatic N) is 3. The quantitative estimate of drug-likeness (QED) is 0.493. The van der Waals surface area contributed by atoms with Crippen molar-refractivity contribution in [1.82, 2.24) is 14.5 Å². The van der Waals surface area contributed by atoms with Crippen molar-refractivity contribution in [3.05, 3.63) is 66.2 Å². The van der Waals surface area contributed by atoms with E-state index in [4.69, 9.17) is 20.2 Å². The highest BCUT2D eigenvalue weighted by Crippen LogP contribution is 2.28. The molecule has 8 heteroatoms. The average Bonchev–Trinajstić information content (AvgIpc) is 3.21. The lowest BCUT2D eigenvalue weighted by Crippen LogP contribution is -2.20. The van der Waals surface area contributed by atoms with Gasteiger partial charge in [-0.1, -0.05) is 13.0 Å². The van der Waals surface area contributed by atoms with Crippen LogP contribution >= 0.6 is 0 Å². The minimum Gasteiger partial charge on any atom is -0.494 e. The maximum Gasteiger partial charge on any atom is 0.255 e. The van der Waals surface area contributed by atoms with E-state index in [1.165, 1.54) is 13.2 Å². The number of aromatic nitrogens is 3. The Bertz CT molecular complexity index is 1270. The van der Waals surface area contributed by atoms with Gasteiger partial charge >= 0.3 is 0 Å². The number of amides is 1. The van der Waals surface area contributed by atoms with E-state index in [1.54, 1.807) is 24.3 Å². The first-order valence-corrected chi connectivity index (χ1v) is 9.73. The normalized spacial score (nSPS) is 10.9. The Balaban J connectivity index is 1.82. The summed E-state index contributed by atoms with van der Waals surface area (Å²) >= 11 is 0. The van der Waals surface area contributed by atoms with Gasteiger partial charge in [0.05, 0.1) is 18.5 Å². The monoisotopic (exact) mass is 420 g/mol. The highest BCUT2D eigenvalue weighted by molar-refractivity contribution is 5.82. The van der Waals surface area contributed by atoms with Crippen molar-refractivity contribution in [3.8, 4) is 28.6 Å². The van der Waals surface area contributed by atoms with E-state index >= 15 is 0 Å². The number of carbonyl (C=O) groups is 1. The zero-order valence-corrected chi connectivity index (χ0v) is 17.1. The molecule has 0 aliphatic heterocycles. The molecular weight excluding hydrogens is 399 g/mol. The largest absolute Gasteiger partial charge is 0.494 e. The molecule has 4 aromatic rings. The van der Waals surface area contributed by atoms with Crippen molar-refractivity contribution in [2.24, 2.45) is 5.73 Å². The van der Waals surface area contributed by atoms with Crippen LogP contribution in [-0.4, -0.2) is 34.2 Å². The SMILES string of the molecule is CCc1nc(-c2ccc(OC)c(F)c2)nc2c1ccn2-c1cccc(OCC(N)=O)c1. The van der Waals surface area contributed by atoms with Crippen LogP contribution in [0.5, 0.6) is 11.5 Å². The molecule has 2 heterocycles. The maximum absolute atomic E-state index is 14.3. The summed E-state index contributed by atoms with van der Waals surface area (Å²) in [7, 11) is 1.42. The summed E-state index contributed by atoms with van der Waals surface area (Å²) in [5.41, 5.74) is 8.05. The molecule has 1 amide bonds. The van der Waals surface area contributed by atoms with Gasteiger partial charge < -0.3 is 19.8 Å². The number of halogens is 1. The molecule has 7 nitrogen and oxygen atoms in total. The van der Waals surface area contributed by atoms with Crippen LogP contribution in [0.1, 0.15) is 12.6 Å². The number of carbonyl (C=O) groups excluding carboxylic acids is 1. The minimum atomic E-state index is -0.548. The van der Waals surface area contributed by atoms with Gasteiger partial charge in [0.1, 0.15) is 11.4 Å². The van der Waals surface area contributed by atoms with Gasteiger partial charge in [0.25, 0.3) is 5.91 Å². The van der Waals surface area contributed by atoms with Crippen LogP contribution in [-0.2, 0) is 11.2 Å². The van der Waals surface area contributed by atoms with Crippen molar-refractivity contribution in [2.75, 3.05) is 13.7 Å². The highest BCUT2D eigenvalue weighted by atomic mass is 19.1. The predicted octanol–water partition coefficient (Wildman–Crippen LogP) is 3.66. The van der Waals surface area contributed by atoms with Crippen LogP contribution in [0.4, 0.5) is 4.39 Å². The molecular formula is C23H21FN4O3. The molecule has 0 aliphatic carbocycles. The summed E-state index contributed by atoms with van der Waals surface area (Å²) in [5.74, 6) is 0.0778. The lowest BCUT2D eigenvalue weighted by molar-refractivity contribution is -0.119. The molecule has 0 saturated heterocycles. The fraction of sp³-hybridized carbons (Fsp3) is 0.174. The van der Waals surface area contributed by atoms with Crippen molar-refractivity contribution < 1.29 is 18.7 Å². The number of fused-ring (bicyclic) bond motifs is 1. The molecule has 0 radical (unpaired) electrons. The molecule has 0 saturated carbocycles. The highest BCUT2D eigenvalue weighted by Gasteiger charge is 2.15. The van der Waals surface area contributed by atoms with E-state index in [0.717, 1.165) is 16.8 Å². The van der Waals surface area contributed by atoms with E-state index in [0.29, 0.717) is 29.2 Å². The summed E-state index contributed by atoms with van der Waals surface area (Å²) < 4.78 is 26.6. The lowest BCUT2D eigenvalue weighted by atomic mass is 10.1. The molecule has 0 spiro atoms. The molecule has 0 fully saturated rings. The fourth-order valence-corrected chi connectivity index (χ4v) is 3.37. The first kappa shape index (κ1) is 20.3. The molecule has 0 bridgehead atoms. The fourth-order valence-electron chi connectivity index (χ4n) is 3.37. The third-order valence-corrected chi connectivity index (χ3v) is 4.84. The first-order valence-electron chi connectivity index (χ1n) is 9.73. The summed E-state index contributed by atoms with van der Waals surface area (Å²) in [5, 5.41) is 0.906. The van der Waals surface area contributed by atoms with E-state index < -0.39 is 11.7 Å². The van der Waals surface area contributed by atoms with Crippen LogP contribution in [0.3, 0.4) is 0 Å². The molecule has 0 aliphatic rings. The van der Waals surface area contributed by atoms with E-state index in [9.17, 15) is 9.18 Å². The van der Waals surface area contributed by atoms with Crippen LogP contribution in [0.15, 0.2) is 54.7 Å². The van der Waals surface area contributed by atoms with Crippen LogP contribution in [0, 0.1) is 5.82 Å². The molecule has 2 N–H and O–H groups in total. The Morgan fingerprint density at radius 3 is 2.71 bits per heavy atom. The Hall–Kier alpha value is -3.94. The third kappa shape index (κ3) is 4.05. The van der Waals surface area contributed by atoms with E-state index in [1.807, 2.05) is 35.9 Å².